The van der Waals surface area contributed by atoms with Gasteiger partial charge in [-0.15, -0.1) is 11.3 Å². The second kappa shape index (κ2) is 10.9. The first-order valence-corrected chi connectivity index (χ1v) is 11.5. The molecule has 0 radical (unpaired) electrons. The zero-order chi connectivity index (χ0) is 22.1. The van der Waals surface area contributed by atoms with E-state index in [1.54, 1.807) is 6.07 Å². The molecule has 4 N–H and O–H groups in total. The highest BCUT2D eigenvalue weighted by molar-refractivity contribution is 7.89. The maximum absolute atomic E-state index is 12.3. The number of benzene rings is 1. The molecule has 2 aromatic rings. The maximum Gasteiger partial charge on any atom is 0.323 e. The van der Waals surface area contributed by atoms with Crippen molar-refractivity contribution < 1.29 is 27.9 Å². The van der Waals surface area contributed by atoms with Crippen molar-refractivity contribution in [2.45, 2.75) is 30.7 Å². The number of nitrogens with one attached hydrogen (secondary N) is 3. The van der Waals surface area contributed by atoms with Crippen LogP contribution in [0.15, 0.2) is 47.4 Å². The van der Waals surface area contributed by atoms with Gasteiger partial charge in [0.2, 0.25) is 10.0 Å². The summed E-state index contributed by atoms with van der Waals surface area (Å²) in [5.41, 5.74) is 0. The Morgan fingerprint density at radius 1 is 1.00 bits per heavy atom. The first-order valence-electron chi connectivity index (χ1n) is 9.21. The van der Waals surface area contributed by atoms with Gasteiger partial charge in [0, 0.05) is 13.1 Å². The summed E-state index contributed by atoms with van der Waals surface area (Å²) in [4.78, 5) is 36.3. The Bertz CT molecular complexity index is 989. The van der Waals surface area contributed by atoms with Gasteiger partial charge in [0.1, 0.15) is 6.04 Å². The van der Waals surface area contributed by atoms with E-state index in [4.69, 9.17) is 0 Å². The number of unbranched alkanes of at least 4 members (excludes halogenated alkanes) is 1. The summed E-state index contributed by atoms with van der Waals surface area (Å²) in [5, 5.41) is 14.5. The molecule has 9 nitrogen and oxygen atoms in total. The Labute approximate surface area is 178 Å². The van der Waals surface area contributed by atoms with E-state index in [9.17, 15) is 27.9 Å². The summed E-state index contributed by atoms with van der Waals surface area (Å²) in [6.07, 6.45) is 1.79. The van der Waals surface area contributed by atoms with Crippen molar-refractivity contribution in [1.29, 1.82) is 0 Å². The van der Waals surface area contributed by atoms with Gasteiger partial charge in [-0.2, -0.15) is 4.72 Å². The fourth-order valence-corrected chi connectivity index (χ4v) is 4.41. The van der Waals surface area contributed by atoms with Crippen molar-refractivity contribution in [1.82, 2.24) is 15.4 Å². The molecule has 1 heterocycles. The van der Waals surface area contributed by atoms with Crippen molar-refractivity contribution >= 4 is 39.1 Å². The van der Waals surface area contributed by atoms with Crippen molar-refractivity contribution in [3.8, 4) is 0 Å². The molecule has 0 unspecified atom stereocenters. The van der Waals surface area contributed by atoms with Crippen molar-refractivity contribution in [3.05, 3.63) is 52.2 Å². The fourth-order valence-electron chi connectivity index (χ4n) is 2.36. The van der Waals surface area contributed by atoms with E-state index in [1.807, 2.05) is 6.92 Å². The zero-order valence-electron chi connectivity index (χ0n) is 16.3. The third kappa shape index (κ3) is 6.65. The molecule has 1 atom stereocenters. The lowest BCUT2D eigenvalue weighted by atomic mass is 10.3. The Kier molecular flexibility index (Phi) is 8.51. The Hall–Kier alpha value is -2.76. The molecule has 0 saturated carbocycles. The number of aliphatic carboxylic acids is 1. The second-order valence-corrected chi connectivity index (χ2v) is 9.11. The molecule has 0 aliphatic carbocycles. The van der Waals surface area contributed by atoms with E-state index in [1.165, 1.54) is 36.4 Å². The lowest BCUT2D eigenvalue weighted by molar-refractivity contribution is -0.138. The first kappa shape index (κ1) is 23.5. The number of carbonyl (C=O) groups excluding carboxylic acids is 2. The van der Waals surface area contributed by atoms with Crippen LogP contribution in [-0.2, 0) is 14.8 Å². The largest absolute Gasteiger partial charge is 0.480 e. The van der Waals surface area contributed by atoms with E-state index in [2.05, 4.69) is 15.4 Å². The Morgan fingerprint density at radius 3 is 2.17 bits per heavy atom. The van der Waals surface area contributed by atoms with E-state index in [0.717, 1.165) is 24.2 Å². The highest BCUT2D eigenvalue weighted by atomic mass is 32.2. The molecule has 0 aliphatic rings. The van der Waals surface area contributed by atoms with E-state index in [-0.39, 0.29) is 15.7 Å². The number of thiophene rings is 1. The highest BCUT2D eigenvalue weighted by Crippen LogP contribution is 2.16. The van der Waals surface area contributed by atoms with Gasteiger partial charge in [-0.25, -0.2) is 8.42 Å². The average molecular weight is 454 g/mol. The van der Waals surface area contributed by atoms with Gasteiger partial charge in [0.25, 0.3) is 11.8 Å². The second-order valence-electron chi connectivity index (χ2n) is 6.31. The summed E-state index contributed by atoms with van der Waals surface area (Å²) in [6, 6.07) is 8.73. The molecule has 0 saturated heterocycles. The quantitative estimate of drug-likeness (QED) is 0.379. The SMILES string of the molecule is CCCCNC(=O)c1ccc(C(=O)NC[C@H](NS(=O)(=O)c2ccccc2)C(=O)O)s1. The molecule has 2 rings (SSSR count). The minimum absolute atomic E-state index is 0.0837. The third-order valence-electron chi connectivity index (χ3n) is 3.99. The van der Waals surface area contributed by atoms with Crippen LogP contribution in [0.25, 0.3) is 0 Å². The maximum atomic E-state index is 12.3. The lowest BCUT2D eigenvalue weighted by Gasteiger charge is -2.15. The van der Waals surface area contributed by atoms with Gasteiger partial charge in [-0.1, -0.05) is 31.5 Å². The van der Waals surface area contributed by atoms with Crippen LogP contribution in [0, 0.1) is 0 Å². The topological polar surface area (TPSA) is 142 Å². The molecule has 1 aromatic carbocycles. The molecule has 2 amide bonds. The summed E-state index contributed by atoms with van der Waals surface area (Å²) in [6.45, 7) is 2.08. The van der Waals surface area contributed by atoms with Crippen molar-refractivity contribution in [3.63, 3.8) is 0 Å². The summed E-state index contributed by atoms with van der Waals surface area (Å²) < 4.78 is 26.7. The summed E-state index contributed by atoms with van der Waals surface area (Å²) in [5.74, 6) is -2.32. The number of carboxylic acids is 1. The van der Waals surface area contributed by atoms with Crippen molar-refractivity contribution in [2.75, 3.05) is 13.1 Å². The predicted octanol–water partition coefficient (Wildman–Crippen LogP) is 1.44. The zero-order valence-corrected chi connectivity index (χ0v) is 17.9. The van der Waals surface area contributed by atoms with E-state index < -0.39 is 34.5 Å². The summed E-state index contributed by atoms with van der Waals surface area (Å²) >= 11 is 0.967. The van der Waals surface area contributed by atoms with Crippen LogP contribution in [0.2, 0.25) is 0 Å². The normalized spacial score (nSPS) is 12.2. The van der Waals surface area contributed by atoms with E-state index >= 15 is 0 Å². The van der Waals surface area contributed by atoms with E-state index in [0.29, 0.717) is 11.4 Å². The van der Waals surface area contributed by atoms with Gasteiger partial charge in [0.05, 0.1) is 14.6 Å². The van der Waals surface area contributed by atoms with Gasteiger partial charge < -0.3 is 15.7 Å². The Morgan fingerprint density at radius 2 is 1.60 bits per heavy atom. The molecule has 0 spiro atoms. The van der Waals surface area contributed by atoms with Crippen LogP contribution in [0.1, 0.15) is 39.1 Å². The number of sulfonamides is 1. The fraction of sp³-hybridized carbons (Fsp3) is 0.316. The number of hydrogen-bond donors (Lipinski definition) is 4. The number of hydrogen-bond acceptors (Lipinski definition) is 6. The number of rotatable bonds is 11. The minimum atomic E-state index is -4.07. The number of amides is 2. The van der Waals surface area contributed by atoms with Crippen LogP contribution in [0.5, 0.6) is 0 Å². The van der Waals surface area contributed by atoms with Crippen molar-refractivity contribution in [2.24, 2.45) is 0 Å². The molecule has 30 heavy (non-hydrogen) atoms. The number of carboxylic acid groups (broad SMARTS) is 1. The molecular formula is C19H23N3O6S2. The molecule has 1 aromatic heterocycles. The summed E-state index contributed by atoms with van der Waals surface area (Å²) in [7, 11) is -4.07. The van der Waals surface area contributed by atoms with Crippen LogP contribution < -0.4 is 15.4 Å². The third-order valence-corrected chi connectivity index (χ3v) is 6.56. The molecule has 0 aliphatic heterocycles. The highest BCUT2D eigenvalue weighted by Gasteiger charge is 2.26. The van der Waals surface area contributed by atoms with Gasteiger partial charge in [-0.3, -0.25) is 14.4 Å². The smallest absolute Gasteiger partial charge is 0.323 e. The predicted molar refractivity (Wildman–Crippen MR) is 112 cm³/mol. The molecule has 0 fully saturated rings. The van der Waals surface area contributed by atoms with Gasteiger partial charge in [-0.05, 0) is 30.7 Å². The van der Waals surface area contributed by atoms with Gasteiger partial charge in [0.15, 0.2) is 0 Å². The average Bonchev–Trinajstić information content (AvgIpc) is 3.22. The molecule has 162 valence electrons. The van der Waals surface area contributed by atoms with Crippen LogP contribution in [0.3, 0.4) is 0 Å². The van der Waals surface area contributed by atoms with Crippen LogP contribution >= 0.6 is 11.3 Å². The van der Waals surface area contributed by atoms with Crippen LogP contribution in [0.4, 0.5) is 0 Å². The lowest BCUT2D eigenvalue weighted by Crippen LogP contribution is -2.48. The molecular weight excluding hydrogens is 430 g/mol. The number of carbonyl (C=O) groups is 3. The minimum Gasteiger partial charge on any atom is -0.480 e. The standard InChI is InChI=1S/C19H23N3O6S2/c1-2-3-11-20-17(23)15-9-10-16(29-15)18(24)21-12-14(19(25)26)22-30(27,28)13-7-5-4-6-8-13/h4-10,14,22H,2-3,11-12H2,1H3,(H,20,23)(H,21,24)(H,25,26)/t14-/m0/s1. The van der Waals surface area contributed by atoms with Crippen LogP contribution in [-0.4, -0.2) is 50.4 Å². The monoisotopic (exact) mass is 453 g/mol. The molecule has 11 heteroatoms. The Balaban J connectivity index is 1.97. The molecule has 0 bridgehead atoms. The first-order chi connectivity index (χ1) is 14.2. The van der Waals surface area contributed by atoms with Gasteiger partial charge >= 0.3 is 5.97 Å².